The number of hydrogen-bond donors (Lipinski definition) is 1. The van der Waals surface area contributed by atoms with Crippen LogP contribution in [0.2, 0.25) is 0 Å². The van der Waals surface area contributed by atoms with E-state index < -0.39 is 0 Å². The van der Waals surface area contributed by atoms with E-state index in [-0.39, 0.29) is 5.91 Å². The molecule has 4 nitrogen and oxygen atoms in total. The van der Waals surface area contributed by atoms with Crippen molar-refractivity contribution in [3.63, 3.8) is 0 Å². The van der Waals surface area contributed by atoms with Crippen LogP contribution in [-0.4, -0.2) is 12.5 Å². The van der Waals surface area contributed by atoms with Crippen LogP contribution in [0.25, 0.3) is 0 Å². The molecule has 24 heavy (non-hydrogen) atoms. The number of nitrogens with one attached hydrogen (secondary N) is 1. The molecular formula is C19H20N2O2S. The number of benzene rings is 1. The fraction of sp³-hybridized carbons (Fsp3) is 0.368. The average molecular weight is 340 g/mol. The minimum absolute atomic E-state index is 0.188. The number of ether oxygens (including phenoxy) is 1. The molecule has 3 rings (SSSR count). The minimum atomic E-state index is -0.188. The second kappa shape index (κ2) is 7.50. The van der Waals surface area contributed by atoms with Crippen molar-refractivity contribution in [3.05, 3.63) is 45.8 Å². The van der Waals surface area contributed by atoms with E-state index in [9.17, 15) is 10.1 Å². The topological polar surface area (TPSA) is 62.1 Å². The Morgan fingerprint density at radius 3 is 2.83 bits per heavy atom. The predicted octanol–water partition coefficient (Wildman–Crippen LogP) is 4.54. The van der Waals surface area contributed by atoms with Crippen LogP contribution in [0.3, 0.4) is 0 Å². The van der Waals surface area contributed by atoms with Crippen molar-refractivity contribution in [2.24, 2.45) is 0 Å². The number of rotatable bonds is 6. The fourth-order valence-corrected chi connectivity index (χ4v) is 4.06. The molecule has 0 aliphatic heterocycles. The van der Waals surface area contributed by atoms with Crippen molar-refractivity contribution in [3.8, 4) is 11.8 Å². The van der Waals surface area contributed by atoms with Gasteiger partial charge in [-0.2, -0.15) is 5.26 Å². The Labute approximate surface area is 146 Å². The maximum Gasteiger partial charge on any atom is 0.256 e. The van der Waals surface area contributed by atoms with Gasteiger partial charge in [-0.25, -0.2) is 0 Å². The lowest BCUT2D eigenvalue weighted by molar-refractivity contribution is 0.102. The molecule has 1 aliphatic rings. The number of unbranched alkanes of at least 4 members (excludes halogenated alkanes) is 1. The van der Waals surface area contributed by atoms with Gasteiger partial charge in [-0.1, -0.05) is 13.3 Å². The Morgan fingerprint density at radius 1 is 1.33 bits per heavy atom. The number of nitriles is 1. The summed E-state index contributed by atoms with van der Waals surface area (Å²) >= 11 is 1.53. The van der Waals surface area contributed by atoms with Crippen LogP contribution in [0.5, 0.6) is 5.75 Å². The number of aryl methyl sites for hydroxylation is 1. The van der Waals surface area contributed by atoms with E-state index in [1.54, 1.807) is 12.1 Å². The van der Waals surface area contributed by atoms with Gasteiger partial charge < -0.3 is 10.1 Å². The van der Waals surface area contributed by atoms with Gasteiger partial charge in [-0.05, 0) is 55.5 Å². The van der Waals surface area contributed by atoms with E-state index in [4.69, 9.17) is 4.74 Å². The summed E-state index contributed by atoms with van der Waals surface area (Å²) in [5.74, 6) is 0.583. The molecule has 1 heterocycles. The fourth-order valence-electron chi connectivity index (χ4n) is 2.82. The third kappa shape index (κ3) is 3.44. The quantitative estimate of drug-likeness (QED) is 0.785. The molecule has 0 fully saturated rings. The third-order valence-corrected chi connectivity index (χ3v) is 5.35. The Hall–Kier alpha value is -2.32. The average Bonchev–Trinajstić information content (AvgIpc) is 3.16. The van der Waals surface area contributed by atoms with Crippen LogP contribution in [0, 0.1) is 11.3 Å². The van der Waals surface area contributed by atoms with Crippen molar-refractivity contribution in [2.75, 3.05) is 11.9 Å². The first-order valence-electron chi connectivity index (χ1n) is 8.31. The number of nitrogens with zero attached hydrogens (tertiary/aromatic N) is 1. The molecule has 0 atom stereocenters. The highest BCUT2D eigenvalue weighted by Gasteiger charge is 2.23. The number of anilines is 1. The zero-order valence-electron chi connectivity index (χ0n) is 13.7. The molecule has 124 valence electrons. The summed E-state index contributed by atoms with van der Waals surface area (Å²) in [7, 11) is 0. The standard InChI is InChI=1S/C19H20N2O2S/c1-2-3-11-23-14-9-7-13(8-10-14)18(22)21-19-16(12-20)15-5-4-6-17(15)24-19/h7-10H,2-6,11H2,1H3,(H,21,22). The number of fused-ring (bicyclic) bond motifs is 1. The molecule has 0 spiro atoms. The van der Waals surface area contributed by atoms with E-state index in [0.29, 0.717) is 22.7 Å². The van der Waals surface area contributed by atoms with Gasteiger partial charge in [-0.3, -0.25) is 4.79 Å². The molecular weight excluding hydrogens is 320 g/mol. The van der Waals surface area contributed by atoms with E-state index >= 15 is 0 Å². The zero-order valence-corrected chi connectivity index (χ0v) is 14.5. The normalized spacial score (nSPS) is 12.5. The van der Waals surface area contributed by atoms with Crippen molar-refractivity contribution >= 4 is 22.2 Å². The van der Waals surface area contributed by atoms with Crippen LogP contribution in [0.4, 0.5) is 5.00 Å². The first-order chi connectivity index (χ1) is 11.7. The molecule has 0 saturated heterocycles. The number of thiophene rings is 1. The predicted molar refractivity (Wildman–Crippen MR) is 95.9 cm³/mol. The van der Waals surface area contributed by atoms with Crippen LogP contribution in [0.1, 0.15) is 52.5 Å². The molecule has 1 aromatic carbocycles. The van der Waals surface area contributed by atoms with E-state index in [1.807, 2.05) is 12.1 Å². The molecule has 5 heteroatoms. The largest absolute Gasteiger partial charge is 0.494 e. The molecule has 0 radical (unpaired) electrons. The van der Waals surface area contributed by atoms with Crippen LogP contribution in [-0.2, 0) is 12.8 Å². The lowest BCUT2D eigenvalue weighted by atomic mass is 10.1. The molecule has 0 bridgehead atoms. The van der Waals surface area contributed by atoms with Gasteiger partial charge in [-0.15, -0.1) is 11.3 Å². The molecule has 0 saturated carbocycles. The van der Waals surface area contributed by atoms with Gasteiger partial charge in [0.05, 0.1) is 12.2 Å². The highest BCUT2D eigenvalue weighted by Crippen LogP contribution is 2.38. The van der Waals surface area contributed by atoms with Crippen LogP contribution >= 0.6 is 11.3 Å². The zero-order chi connectivity index (χ0) is 16.9. The molecule has 1 aromatic heterocycles. The monoisotopic (exact) mass is 340 g/mol. The Kier molecular flexibility index (Phi) is 5.17. The van der Waals surface area contributed by atoms with Gasteiger partial charge in [0.1, 0.15) is 16.8 Å². The smallest absolute Gasteiger partial charge is 0.256 e. The summed E-state index contributed by atoms with van der Waals surface area (Å²) in [5.41, 5.74) is 2.33. The maximum absolute atomic E-state index is 12.4. The highest BCUT2D eigenvalue weighted by molar-refractivity contribution is 7.16. The van der Waals surface area contributed by atoms with E-state index in [0.717, 1.165) is 43.4 Å². The lowest BCUT2D eigenvalue weighted by Gasteiger charge is -2.07. The minimum Gasteiger partial charge on any atom is -0.494 e. The third-order valence-electron chi connectivity index (χ3n) is 4.14. The second-order valence-corrected chi connectivity index (χ2v) is 6.96. The van der Waals surface area contributed by atoms with Crippen molar-refractivity contribution < 1.29 is 9.53 Å². The number of carbonyl (C=O) groups excluding carboxylic acids is 1. The summed E-state index contributed by atoms with van der Waals surface area (Å²) in [6.07, 6.45) is 5.15. The molecule has 1 N–H and O–H groups in total. The number of amides is 1. The highest BCUT2D eigenvalue weighted by atomic mass is 32.1. The van der Waals surface area contributed by atoms with Crippen molar-refractivity contribution in [2.45, 2.75) is 39.0 Å². The first kappa shape index (κ1) is 16.5. The Balaban J connectivity index is 1.68. The first-order valence-corrected chi connectivity index (χ1v) is 9.13. The SMILES string of the molecule is CCCCOc1ccc(C(=O)Nc2sc3c(c2C#N)CCC3)cc1. The molecule has 0 unspecified atom stereocenters. The maximum atomic E-state index is 12.4. The Morgan fingerprint density at radius 2 is 2.12 bits per heavy atom. The lowest BCUT2D eigenvalue weighted by Crippen LogP contribution is -2.11. The second-order valence-electron chi connectivity index (χ2n) is 5.85. The Bertz CT molecular complexity index is 772. The number of carbonyl (C=O) groups is 1. The van der Waals surface area contributed by atoms with Crippen molar-refractivity contribution in [1.29, 1.82) is 5.26 Å². The summed E-state index contributed by atoms with van der Waals surface area (Å²) in [6.45, 7) is 2.81. The number of hydrogen-bond acceptors (Lipinski definition) is 4. The van der Waals surface area contributed by atoms with Gasteiger partial charge in [0, 0.05) is 10.4 Å². The van der Waals surface area contributed by atoms with Gasteiger partial charge >= 0.3 is 0 Å². The van der Waals surface area contributed by atoms with Gasteiger partial charge in [0.15, 0.2) is 0 Å². The summed E-state index contributed by atoms with van der Waals surface area (Å²) in [6, 6.07) is 9.37. The summed E-state index contributed by atoms with van der Waals surface area (Å²) in [4.78, 5) is 13.7. The van der Waals surface area contributed by atoms with Crippen LogP contribution in [0.15, 0.2) is 24.3 Å². The van der Waals surface area contributed by atoms with Crippen molar-refractivity contribution in [1.82, 2.24) is 0 Å². The summed E-state index contributed by atoms with van der Waals surface area (Å²) in [5, 5.41) is 13.0. The molecule has 1 aliphatic carbocycles. The van der Waals surface area contributed by atoms with Gasteiger partial charge in [0.2, 0.25) is 0 Å². The van der Waals surface area contributed by atoms with Crippen LogP contribution < -0.4 is 10.1 Å². The van der Waals surface area contributed by atoms with E-state index in [2.05, 4.69) is 18.3 Å². The molecule has 2 aromatic rings. The van der Waals surface area contributed by atoms with E-state index in [1.165, 1.54) is 16.2 Å². The molecule has 1 amide bonds. The summed E-state index contributed by atoms with van der Waals surface area (Å²) < 4.78 is 5.60. The van der Waals surface area contributed by atoms with Gasteiger partial charge in [0.25, 0.3) is 5.91 Å².